The summed E-state index contributed by atoms with van der Waals surface area (Å²) >= 11 is 0. The van der Waals surface area contributed by atoms with Gasteiger partial charge in [-0.2, -0.15) is 0 Å². The first-order valence-corrected chi connectivity index (χ1v) is 11.9. The molecule has 2 aromatic rings. The molecule has 0 fully saturated rings. The molecule has 4 heteroatoms. The summed E-state index contributed by atoms with van der Waals surface area (Å²) in [7, 11) is 2.19. The molecule has 1 unspecified atom stereocenters. The van der Waals surface area contributed by atoms with E-state index in [4.69, 9.17) is 9.47 Å². The highest BCUT2D eigenvalue weighted by atomic mass is 31.1. The molecule has 0 radical (unpaired) electrons. The van der Waals surface area contributed by atoms with Gasteiger partial charge in [0.25, 0.3) is 0 Å². The van der Waals surface area contributed by atoms with Gasteiger partial charge in [-0.15, -0.1) is 0 Å². The molecule has 0 saturated carbocycles. The van der Waals surface area contributed by atoms with E-state index in [-0.39, 0.29) is 12.2 Å². The fourth-order valence-corrected chi connectivity index (χ4v) is 5.52. The third kappa shape index (κ3) is 5.77. The summed E-state index contributed by atoms with van der Waals surface area (Å²) in [5.74, 6) is 0.975. The summed E-state index contributed by atoms with van der Waals surface area (Å²) in [6.45, 7) is 20.5. The van der Waals surface area contributed by atoms with Crippen LogP contribution in [0.4, 0.5) is 5.69 Å². The Kier molecular flexibility index (Phi) is 8.36. The highest BCUT2D eigenvalue weighted by Crippen LogP contribution is 2.36. The molecule has 30 heavy (non-hydrogen) atoms. The number of benzene rings is 2. The van der Waals surface area contributed by atoms with Gasteiger partial charge in [-0.1, -0.05) is 47.6 Å². The van der Waals surface area contributed by atoms with Crippen molar-refractivity contribution in [3.8, 4) is 5.75 Å². The van der Waals surface area contributed by atoms with E-state index >= 15 is 0 Å². The smallest absolute Gasteiger partial charge is 0.188 e. The first-order chi connectivity index (χ1) is 14.0. The van der Waals surface area contributed by atoms with Crippen molar-refractivity contribution in [3.05, 3.63) is 47.0 Å². The summed E-state index contributed by atoms with van der Waals surface area (Å²) in [4.78, 5) is 2.52. The molecule has 0 N–H and O–H groups in total. The molecule has 0 amide bonds. The van der Waals surface area contributed by atoms with E-state index in [0.29, 0.717) is 20.7 Å². The van der Waals surface area contributed by atoms with E-state index in [9.17, 15) is 0 Å². The summed E-state index contributed by atoms with van der Waals surface area (Å²) in [5, 5.41) is 2.65. The van der Waals surface area contributed by atoms with Crippen molar-refractivity contribution in [2.45, 2.75) is 79.8 Å². The van der Waals surface area contributed by atoms with Crippen LogP contribution in [-0.2, 0) is 10.2 Å². The molecular formula is C26H40NO2P. The molecule has 0 aromatic heterocycles. The normalized spacial score (nSPS) is 12.4. The maximum atomic E-state index is 6.18. The van der Waals surface area contributed by atoms with E-state index in [1.54, 1.807) is 7.11 Å². The molecule has 0 aliphatic heterocycles. The first-order valence-electron chi connectivity index (χ1n) is 10.9. The Morgan fingerprint density at radius 3 is 2.17 bits per heavy atom. The molecule has 0 aliphatic rings. The van der Waals surface area contributed by atoms with E-state index < -0.39 is 0 Å². The van der Waals surface area contributed by atoms with Crippen molar-refractivity contribution in [1.82, 2.24) is 0 Å². The number of rotatable bonds is 8. The van der Waals surface area contributed by atoms with Crippen molar-refractivity contribution in [2.75, 3.05) is 18.8 Å². The Morgan fingerprint density at radius 2 is 1.63 bits per heavy atom. The fraction of sp³-hybridized carbons (Fsp3) is 0.538. The zero-order valence-electron chi connectivity index (χ0n) is 20.5. The number of anilines is 1. The minimum atomic E-state index is -0.00914. The van der Waals surface area contributed by atoms with Gasteiger partial charge >= 0.3 is 0 Å². The SMILES string of the molecule is COCOc1c(Pc2c(C)cccc2N(C(C)C)C(C)C)cc(C)cc1C(C)(C)C. The monoisotopic (exact) mass is 429 g/mol. The zero-order valence-corrected chi connectivity index (χ0v) is 21.5. The number of nitrogens with zero attached hydrogens (tertiary/aromatic N) is 1. The number of aryl methyl sites for hydroxylation is 2. The lowest BCUT2D eigenvalue weighted by atomic mass is 9.85. The van der Waals surface area contributed by atoms with Crippen molar-refractivity contribution >= 4 is 24.9 Å². The Hall–Kier alpha value is -1.57. The predicted molar refractivity (Wildman–Crippen MR) is 134 cm³/mol. The van der Waals surface area contributed by atoms with Crippen LogP contribution in [0.5, 0.6) is 5.75 Å². The number of ether oxygens (including phenoxy) is 2. The Labute approximate surface area is 185 Å². The number of hydrogen-bond donors (Lipinski definition) is 0. The van der Waals surface area contributed by atoms with Crippen LogP contribution < -0.4 is 20.2 Å². The van der Waals surface area contributed by atoms with E-state index in [1.165, 1.54) is 33.0 Å². The van der Waals surface area contributed by atoms with Gasteiger partial charge in [0.1, 0.15) is 5.75 Å². The average molecular weight is 430 g/mol. The second-order valence-corrected chi connectivity index (χ2v) is 11.0. The van der Waals surface area contributed by atoms with Gasteiger partial charge in [-0.3, -0.25) is 0 Å². The van der Waals surface area contributed by atoms with Crippen LogP contribution in [0, 0.1) is 13.8 Å². The van der Waals surface area contributed by atoms with Crippen LogP contribution in [0.3, 0.4) is 0 Å². The molecule has 0 spiro atoms. The van der Waals surface area contributed by atoms with Crippen molar-refractivity contribution in [1.29, 1.82) is 0 Å². The molecule has 0 bridgehead atoms. The summed E-state index contributed by atoms with van der Waals surface area (Å²) in [5.41, 5.74) is 5.15. The molecule has 2 aromatic carbocycles. The third-order valence-electron chi connectivity index (χ3n) is 5.26. The van der Waals surface area contributed by atoms with Crippen LogP contribution in [0.25, 0.3) is 0 Å². The van der Waals surface area contributed by atoms with Gasteiger partial charge < -0.3 is 14.4 Å². The third-order valence-corrected chi connectivity index (χ3v) is 6.80. The van der Waals surface area contributed by atoms with Gasteiger partial charge in [0.15, 0.2) is 6.79 Å². The fourth-order valence-electron chi connectivity index (χ4n) is 4.01. The van der Waals surface area contributed by atoms with Crippen LogP contribution in [-0.4, -0.2) is 26.0 Å². The summed E-state index contributed by atoms with van der Waals surface area (Å²) in [6.07, 6.45) is 0. The largest absolute Gasteiger partial charge is 0.467 e. The molecule has 3 nitrogen and oxygen atoms in total. The van der Waals surface area contributed by atoms with Crippen molar-refractivity contribution in [2.24, 2.45) is 0 Å². The lowest BCUT2D eigenvalue weighted by molar-refractivity contribution is 0.0506. The lowest BCUT2D eigenvalue weighted by Gasteiger charge is -2.35. The summed E-state index contributed by atoms with van der Waals surface area (Å²) < 4.78 is 11.4. The van der Waals surface area contributed by atoms with E-state index in [0.717, 1.165) is 5.75 Å². The maximum absolute atomic E-state index is 6.18. The Balaban J connectivity index is 2.67. The van der Waals surface area contributed by atoms with E-state index in [1.807, 2.05) is 0 Å². The van der Waals surface area contributed by atoms with Gasteiger partial charge in [0.05, 0.1) is 0 Å². The maximum Gasteiger partial charge on any atom is 0.188 e. The first kappa shape index (κ1) is 24.7. The standard InChI is InChI=1S/C26H40NO2P/c1-17(2)27(18(3)4)22-13-11-12-20(6)25(22)30-23-15-19(5)14-21(26(7,8)9)24(23)29-16-28-10/h11-15,17-18,30H,16H2,1-10H3. The Morgan fingerprint density at radius 1 is 1.00 bits per heavy atom. The molecule has 2 rings (SSSR count). The highest BCUT2D eigenvalue weighted by molar-refractivity contribution is 7.56. The second kappa shape index (κ2) is 10.2. The van der Waals surface area contributed by atoms with Crippen molar-refractivity contribution in [3.63, 3.8) is 0 Å². The minimum Gasteiger partial charge on any atom is -0.467 e. The van der Waals surface area contributed by atoms with Crippen LogP contribution >= 0.6 is 8.58 Å². The number of hydrogen-bond acceptors (Lipinski definition) is 3. The van der Waals surface area contributed by atoms with E-state index in [2.05, 4.69) is 97.5 Å². The predicted octanol–water partition coefficient (Wildman–Crippen LogP) is 5.84. The van der Waals surface area contributed by atoms with Crippen LogP contribution in [0.1, 0.15) is 65.2 Å². The van der Waals surface area contributed by atoms with Crippen molar-refractivity contribution < 1.29 is 9.47 Å². The lowest BCUT2D eigenvalue weighted by Crippen LogP contribution is -2.39. The molecular weight excluding hydrogens is 389 g/mol. The average Bonchev–Trinajstić information content (AvgIpc) is 2.62. The Bertz CT molecular complexity index is 845. The topological polar surface area (TPSA) is 21.7 Å². The quantitative estimate of drug-likeness (QED) is 0.389. The van der Waals surface area contributed by atoms with Gasteiger partial charge in [-0.05, 0) is 70.2 Å². The minimum absolute atomic E-state index is 0.00914. The van der Waals surface area contributed by atoms with Crippen LogP contribution in [0.15, 0.2) is 30.3 Å². The number of methoxy groups -OCH3 is 1. The summed E-state index contributed by atoms with van der Waals surface area (Å²) in [6, 6.07) is 12.1. The molecule has 0 heterocycles. The van der Waals surface area contributed by atoms with Gasteiger partial charge in [0.2, 0.25) is 0 Å². The second-order valence-electron chi connectivity index (χ2n) is 9.68. The zero-order chi connectivity index (χ0) is 22.6. The highest BCUT2D eigenvalue weighted by Gasteiger charge is 2.25. The van der Waals surface area contributed by atoms with Gasteiger partial charge in [0, 0.05) is 41.1 Å². The molecule has 1 atom stereocenters. The van der Waals surface area contributed by atoms with Gasteiger partial charge in [-0.25, -0.2) is 0 Å². The molecule has 0 aliphatic carbocycles. The molecule has 166 valence electrons. The molecule has 0 saturated heterocycles. The van der Waals surface area contributed by atoms with Crippen LogP contribution in [0.2, 0.25) is 0 Å².